The lowest BCUT2D eigenvalue weighted by molar-refractivity contribution is -0.00550. The van der Waals surface area contributed by atoms with Gasteiger partial charge in [0.05, 0.1) is 5.60 Å². The van der Waals surface area contributed by atoms with Gasteiger partial charge in [0.25, 0.3) is 0 Å². The first-order valence-corrected chi connectivity index (χ1v) is 7.52. The van der Waals surface area contributed by atoms with Gasteiger partial charge >= 0.3 is 0 Å². The van der Waals surface area contributed by atoms with E-state index < -0.39 is 0 Å². The van der Waals surface area contributed by atoms with Gasteiger partial charge in [0, 0.05) is 25.2 Å². The van der Waals surface area contributed by atoms with Crippen LogP contribution >= 0.6 is 0 Å². The van der Waals surface area contributed by atoms with E-state index in [2.05, 4.69) is 26.1 Å². The van der Waals surface area contributed by atoms with Crippen LogP contribution < -0.4 is 11.1 Å². The van der Waals surface area contributed by atoms with Crippen molar-refractivity contribution in [3.63, 3.8) is 0 Å². The van der Waals surface area contributed by atoms with Crippen LogP contribution in [0.25, 0.3) is 0 Å². The fourth-order valence-corrected chi connectivity index (χ4v) is 3.68. The molecule has 3 N–H and O–H groups in total. The summed E-state index contributed by atoms with van der Waals surface area (Å²) < 4.78 is 5.89. The van der Waals surface area contributed by atoms with Crippen LogP contribution in [-0.4, -0.2) is 30.8 Å². The Balaban J connectivity index is 2.03. The highest BCUT2D eigenvalue weighted by Gasteiger charge is 2.46. The summed E-state index contributed by atoms with van der Waals surface area (Å²) in [5.41, 5.74) is 6.55. The third-order valence-electron chi connectivity index (χ3n) is 5.40. The molecule has 2 atom stereocenters. The van der Waals surface area contributed by atoms with Gasteiger partial charge in [-0.25, -0.2) is 0 Å². The van der Waals surface area contributed by atoms with Crippen molar-refractivity contribution >= 4 is 0 Å². The molecule has 1 saturated heterocycles. The highest BCUT2D eigenvalue weighted by Crippen LogP contribution is 2.43. The lowest BCUT2D eigenvalue weighted by Gasteiger charge is -2.51. The van der Waals surface area contributed by atoms with Crippen molar-refractivity contribution < 1.29 is 4.74 Å². The molecule has 1 aliphatic heterocycles. The van der Waals surface area contributed by atoms with E-state index in [9.17, 15) is 0 Å². The fraction of sp³-hybridized carbons (Fsp3) is 1.00. The Morgan fingerprint density at radius 1 is 1.06 bits per heavy atom. The van der Waals surface area contributed by atoms with Gasteiger partial charge in [-0.15, -0.1) is 0 Å². The summed E-state index contributed by atoms with van der Waals surface area (Å²) in [6.07, 6.45) is 7.47. The zero-order chi connectivity index (χ0) is 13.3. The second-order valence-corrected chi connectivity index (χ2v) is 7.13. The fourth-order valence-electron chi connectivity index (χ4n) is 3.68. The van der Waals surface area contributed by atoms with Crippen LogP contribution in [0.3, 0.4) is 0 Å². The number of nitrogens with two attached hydrogens (primary N) is 1. The molecule has 0 aromatic carbocycles. The lowest BCUT2D eigenvalue weighted by Crippen LogP contribution is -2.64. The molecule has 106 valence electrons. The second kappa shape index (κ2) is 5.10. The molecular weight excluding hydrogens is 224 g/mol. The zero-order valence-electron chi connectivity index (χ0n) is 12.3. The summed E-state index contributed by atoms with van der Waals surface area (Å²) in [5, 5.41) is 3.81. The summed E-state index contributed by atoms with van der Waals surface area (Å²) >= 11 is 0. The van der Waals surface area contributed by atoms with Crippen molar-refractivity contribution in [2.24, 2.45) is 11.1 Å². The standard InChI is InChI=1S/C15H30N2O/c1-13(2)7-4-5-9-15(13,11-16)17-12-14(3)8-6-10-18-14/h17H,4-12,16H2,1-3H3. The maximum absolute atomic E-state index is 6.14. The smallest absolute Gasteiger partial charge is 0.0779 e. The number of nitrogens with one attached hydrogen (secondary N) is 1. The molecule has 2 unspecified atom stereocenters. The van der Waals surface area contributed by atoms with Crippen molar-refractivity contribution in [2.45, 2.75) is 70.4 Å². The number of ether oxygens (including phenoxy) is 1. The third-order valence-corrected chi connectivity index (χ3v) is 5.40. The van der Waals surface area contributed by atoms with E-state index in [4.69, 9.17) is 10.5 Å². The molecular formula is C15H30N2O. The Labute approximate surface area is 112 Å². The van der Waals surface area contributed by atoms with Gasteiger partial charge in [-0.2, -0.15) is 0 Å². The molecule has 0 aromatic heterocycles. The van der Waals surface area contributed by atoms with E-state index in [1.165, 1.54) is 38.5 Å². The minimum atomic E-state index is 0.0235. The quantitative estimate of drug-likeness (QED) is 0.810. The topological polar surface area (TPSA) is 47.3 Å². The molecule has 0 spiro atoms. The molecule has 2 fully saturated rings. The van der Waals surface area contributed by atoms with Crippen LogP contribution in [0.2, 0.25) is 0 Å². The highest BCUT2D eigenvalue weighted by molar-refractivity contribution is 5.04. The maximum Gasteiger partial charge on any atom is 0.0779 e. The van der Waals surface area contributed by atoms with Crippen LogP contribution in [0.1, 0.15) is 59.3 Å². The third kappa shape index (κ3) is 2.59. The Hall–Kier alpha value is -0.120. The Bertz CT molecular complexity index is 284. The molecule has 18 heavy (non-hydrogen) atoms. The molecule has 2 aliphatic rings. The Kier molecular flexibility index (Phi) is 4.05. The van der Waals surface area contributed by atoms with Crippen LogP contribution in [-0.2, 0) is 4.74 Å². The summed E-state index contributed by atoms with van der Waals surface area (Å²) in [6.45, 7) is 9.54. The van der Waals surface area contributed by atoms with E-state index in [0.717, 1.165) is 19.7 Å². The molecule has 0 bridgehead atoms. The number of hydrogen-bond acceptors (Lipinski definition) is 3. The zero-order valence-corrected chi connectivity index (χ0v) is 12.3. The molecule has 0 amide bonds. The average Bonchev–Trinajstić information content (AvgIpc) is 2.75. The molecule has 3 nitrogen and oxygen atoms in total. The Morgan fingerprint density at radius 2 is 1.78 bits per heavy atom. The van der Waals surface area contributed by atoms with E-state index in [0.29, 0.717) is 0 Å². The van der Waals surface area contributed by atoms with E-state index in [-0.39, 0.29) is 16.6 Å². The van der Waals surface area contributed by atoms with Gasteiger partial charge in [0.15, 0.2) is 0 Å². The van der Waals surface area contributed by atoms with Gasteiger partial charge in [-0.05, 0) is 38.0 Å². The monoisotopic (exact) mass is 254 g/mol. The lowest BCUT2D eigenvalue weighted by atomic mass is 9.63. The molecule has 2 rings (SSSR count). The van der Waals surface area contributed by atoms with E-state index in [1.54, 1.807) is 0 Å². The molecule has 1 aliphatic carbocycles. The molecule has 1 heterocycles. The van der Waals surface area contributed by atoms with Gasteiger partial charge < -0.3 is 15.8 Å². The van der Waals surface area contributed by atoms with Gasteiger partial charge in [0.2, 0.25) is 0 Å². The first-order valence-electron chi connectivity index (χ1n) is 7.52. The van der Waals surface area contributed by atoms with E-state index in [1.807, 2.05) is 0 Å². The predicted molar refractivity (Wildman–Crippen MR) is 75.6 cm³/mol. The SMILES string of the molecule is CC1(CNC2(CN)CCCCC2(C)C)CCCO1. The van der Waals surface area contributed by atoms with Crippen molar-refractivity contribution in [3.8, 4) is 0 Å². The van der Waals surface area contributed by atoms with Gasteiger partial charge in [0.1, 0.15) is 0 Å². The van der Waals surface area contributed by atoms with E-state index >= 15 is 0 Å². The van der Waals surface area contributed by atoms with Gasteiger partial charge in [-0.1, -0.05) is 26.7 Å². The maximum atomic E-state index is 6.14. The van der Waals surface area contributed by atoms with Crippen molar-refractivity contribution in [1.82, 2.24) is 5.32 Å². The first-order chi connectivity index (χ1) is 8.43. The predicted octanol–water partition coefficient (Wildman–Crippen LogP) is 2.44. The average molecular weight is 254 g/mol. The Morgan fingerprint density at radius 3 is 2.33 bits per heavy atom. The largest absolute Gasteiger partial charge is 0.374 e. The molecule has 1 saturated carbocycles. The molecule has 3 heteroatoms. The van der Waals surface area contributed by atoms with Crippen LogP contribution in [0.15, 0.2) is 0 Å². The first kappa shape index (κ1) is 14.3. The summed E-state index contributed by atoms with van der Waals surface area (Å²) in [7, 11) is 0. The number of rotatable bonds is 4. The normalized spacial score (nSPS) is 40.0. The highest BCUT2D eigenvalue weighted by atomic mass is 16.5. The minimum absolute atomic E-state index is 0.0235. The summed E-state index contributed by atoms with van der Waals surface area (Å²) in [5.74, 6) is 0. The molecule has 0 aromatic rings. The second-order valence-electron chi connectivity index (χ2n) is 7.13. The van der Waals surface area contributed by atoms with Crippen LogP contribution in [0, 0.1) is 5.41 Å². The van der Waals surface area contributed by atoms with Crippen LogP contribution in [0.4, 0.5) is 0 Å². The minimum Gasteiger partial charge on any atom is -0.374 e. The van der Waals surface area contributed by atoms with Crippen molar-refractivity contribution in [3.05, 3.63) is 0 Å². The number of hydrogen-bond donors (Lipinski definition) is 2. The van der Waals surface area contributed by atoms with Crippen molar-refractivity contribution in [1.29, 1.82) is 0 Å². The van der Waals surface area contributed by atoms with Crippen molar-refractivity contribution in [2.75, 3.05) is 19.7 Å². The van der Waals surface area contributed by atoms with Gasteiger partial charge in [-0.3, -0.25) is 0 Å². The molecule has 0 radical (unpaired) electrons. The summed E-state index contributed by atoms with van der Waals surface area (Å²) in [4.78, 5) is 0. The van der Waals surface area contributed by atoms with Crippen LogP contribution in [0.5, 0.6) is 0 Å². The summed E-state index contributed by atoms with van der Waals surface area (Å²) in [6, 6.07) is 0.